The van der Waals surface area contributed by atoms with Crippen molar-refractivity contribution in [1.29, 1.82) is 0 Å². The van der Waals surface area contributed by atoms with Crippen molar-refractivity contribution < 1.29 is 8.42 Å². The first kappa shape index (κ1) is 11.2. The van der Waals surface area contributed by atoms with Gasteiger partial charge in [-0.05, 0) is 0 Å². The fourth-order valence-corrected chi connectivity index (χ4v) is 2.67. The van der Waals surface area contributed by atoms with Crippen molar-refractivity contribution in [2.24, 2.45) is 0 Å². The Hall–Kier alpha value is -1.87. The zero-order valence-electron chi connectivity index (χ0n) is 9.37. The number of hydrogen-bond donors (Lipinski definition) is 3. The molecule has 0 bridgehead atoms. The normalized spacial score (nSPS) is 16.4. The van der Waals surface area contributed by atoms with Gasteiger partial charge in [0.25, 0.3) is 10.0 Å². The highest BCUT2D eigenvalue weighted by atomic mass is 32.2. The van der Waals surface area contributed by atoms with Gasteiger partial charge in [-0.1, -0.05) is 0 Å². The second kappa shape index (κ2) is 4.10. The number of nitrogens with zero attached hydrogens (tertiary/aromatic N) is 3. The van der Waals surface area contributed by atoms with Crippen molar-refractivity contribution in [3.63, 3.8) is 0 Å². The van der Waals surface area contributed by atoms with Crippen LogP contribution in [0.4, 0.5) is 5.82 Å². The Bertz CT molecular complexity index is 628. The molecule has 3 rings (SSSR count). The van der Waals surface area contributed by atoms with Crippen LogP contribution in [-0.4, -0.2) is 41.3 Å². The molecule has 3 heterocycles. The van der Waals surface area contributed by atoms with E-state index in [2.05, 4.69) is 25.1 Å². The van der Waals surface area contributed by atoms with E-state index in [0.717, 1.165) is 13.1 Å². The molecule has 18 heavy (non-hydrogen) atoms. The Balaban J connectivity index is 1.87. The predicted octanol–water partition coefficient (Wildman–Crippen LogP) is -0.449. The third-order valence-electron chi connectivity index (χ3n) is 2.74. The fourth-order valence-electron chi connectivity index (χ4n) is 1.72. The van der Waals surface area contributed by atoms with Gasteiger partial charge in [0.2, 0.25) is 5.16 Å². The number of rotatable bonds is 4. The Labute approximate surface area is 103 Å². The maximum atomic E-state index is 12.0. The van der Waals surface area contributed by atoms with Gasteiger partial charge in [0.15, 0.2) is 0 Å². The summed E-state index contributed by atoms with van der Waals surface area (Å²) in [5, 5.41) is 7.12. The Morgan fingerprint density at radius 3 is 2.83 bits per heavy atom. The lowest BCUT2D eigenvalue weighted by Crippen LogP contribution is -2.44. The first-order valence-electron chi connectivity index (χ1n) is 5.43. The van der Waals surface area contributed by atoms with E-state index < -0.39 is 10.0 Å². The molecule has 1 fully saturated rings. The summed E-state index contributed by atoms with van der Waals surface area (Å²) in [5.74, 6) is 0.443. The molecular formula is C9H12N6O2S. The van der Waals surface area contributed by atoms with Gasteiger partial charge in [-0.3, -0.25) is 4.72 Å². The third-order valence-corrected chi connectivity index (χ3v) is 3.95. The predicted molar refractivity (Wildman–Crippen MR) is 63.5 cm³/mol. The molecule has 0 amide bonds. The number of aromatic amines is 1. The molecule has 0 aliphatic carbocycles. The van der Waals surface area contributed by atoms with Gasteiger partial charge < -0.3 is 10.3 Å². The highest BCUT2D eigenvalue weighted by Crippen LogP contribution is 2.19. The van der Waals surface area contributed by atoms with Crippen LogP contribution in [0, 0.1) is 0 Å². The molecule has 2 aromatic heterocycles. The Kier molecular flexibility index (Phi) is 2.56. The standard InChI is InChI=1S/C9H12N6O2S/c16-18(17,9-11-3-4-12-9)14-8-1-2-13-15(8)7-5-10-6-7/h1-4,7,10,14H,5-6H2,(H,11,12). The summed E-state index contributed by atoms with van der Waals surface area (Å²) in [6.07, 6.45) is 4.42. The van der Waals surface area contributed by atoms with E-state index in [4.69, 9.17) is 0 Å². The SMILES string of the molecule is O=S(=O)(Nc1ccnn1C1CNC1)c1ncc[nH]1. The molecule has 1 saturated heterocycles. The van der Waals surface area contributed by atoms with Crippen molar-refractivity contribution in [3.05, 3.63) is 24.7 Å². The lowest BCUT2D eigenvalue weighted by Gasteiger charge is -2.28. The van der Waals surface area contributed by atoms with Crippen molar-refractivity contribution in [2.45, 2.75) is 11.2 Å². The largest absolute Gasteiger partial charge is 0.334 e. The summed E-state index contributed by atoms with van der Waals surface area (Å²) >= 11 is 0. The number of imidazole rings is 1. The summed E-state index contributed by atoms with van der Waals surface area (Å²) in [6.45, 7) is 1.58. The Morgan fingerprint density at radius 2 is 2.22 bits per heavy atom. The average Bonchev–Trinajstić information content (AvgIpc) is 2.86. The highest BCUT2D eigenvalue weighted by molar-refractivity contribution is 7.92. The number of hydrogen-bond acceptors (Lipinski definition) is 5. The molecule has 0 radical (unpaired) electrons. The van der Waals surface area contributed by atoms with Crippen LogP contribution in [-0.2, 0) is 10.0 Å². The van der Waals surface area contributed by atoms with Gasteiger partial charge in [-0.2, -0.15) is 13.5 Å². The zero-order valence-corrected chi connectivity index (χ0v) is 10.2. The average molecular weight is 268 g/mol. The second-order valence-corrected chi connectivity index (χ2v) is 5.57. The first-order chi connectivity index (χ1) is 8.67. The zero-order chi connectivity index (χ0) is 12.6. The van der Waals surface area contributed by atoms with E-state index in [1.54, 1.807) is 16.9 Å². The van der Waals surface area contributed by atoms with Gasteiger partial charge >= 0.3 is 0 Å². The lowest BCUT2D eigenvalue weighted by atomic mass is 10.2. The number of sulfonamides is 1. The molecule has 0 spiro atoms. The number of H-pyrrole nitrogens is 1. The minimum atomic E-state index is -3.68. The molecule has 96 valence electrons. The molecule has 0 atom stereocenters. The molecular weight excluding hydrogens is 256 g/mol. The van der Waals surface area contributed by atoms with Gasteiger partial charge in [-0.15, -0.1) is 0 Å². The van der Waals surface area contributed by atoms with Crippen molar-refractivity contribution in [3.8, 4) is 0 Å². The van der Waals surface area contributed by atoms with Crippen LogP contribution >= 0.6 is 0 Å². The van der Waals surface area contributed by atoms with Crippen molar-refractivity contribution in [1.82, 2.24) is 25.1 Å². The van der Waals surface area contributed by atoms with Crippen LogP contribution in [0.15, 0.2) is 29.8 Å². The highest BCUT2D eigenvalue weighted by Gasteiger charge is 2.24. The fraction of sp³-hybridized carbons (Fsp3) is 0.333. The summed E-state index contributed by atoms with van der Waals surface area (Å²) in [6, 6.07) is 1.81. The summed E-state index contributed by atoms with van der Waals surface area (Å²) < 4.78 is 28.1. The molecule has 0 aromatic carbocycles. The maximum Gasteiger partial charge on any atom is 0.296 e. The van der Waals surface area contributed by atoms with Crippen LogP contribution in [0.5, 0.6) is 0 Å². The van der Waals surface area contributed by atoms with Crippen LogP contribution in [0.2, 0.25) is 0 Å². The topological polar surface area (TPSA) is 105 Å². The number of anilines is 1. The van der Waals surface area contributed by atoms with Crippen LogP contribution in [0.1, 0.15) is 6.04 Å². The smallest absolute Gasteiger partial charge is 0.296 e. The molecule has 0 unspecified atom stereocenters. The quantitative estimate of drug-likeness (QED) is 0.696. The summed E-state index contributed by atoms with van der Waals surface area (Å²) in [5.41, 5.74) is 0. The molecule has 9 heteroatoms. The van der Waals surface area contributed by atoms with Crippen molar-refractivity contribution in [2.75, 3.05) is 17.8 Å². The monoisotopic (exact) mass is 268 g/mol. The van der Waals surface area contributed by atoms with Crippen LogP contribution < -0.4 is 10.0 Å². The van der Waals surface area contributed by atoms with Crippen LogP contribution in [0.25, 0.3) is 0 Å². The Morgan fingerprint density at radius 1 is 1.39 bits per heavy atom. The maximum absolute atomic E-state index is 12.0. The van der Waals surface area contributed by atoms with Gasteiger partial charge in [0.05, 0.1) is 12.2 Å². The first-order valence-corrected chi connectivity index (χ1v) is 6.91. The van der Waals surface area contributed by atoms with Crippen molar-refractivity contribution >= 4 is 15.8 Å². The minimum Gasteiger partial charge on any atom is -0.334 e. The number of nitrogens with one attached hydrogen (secondary N) is 3. The van der Waals surface area contributed by atoms with E-state index in [-0.39, 0.29) is 11.2 Å². The van der Waals surface area contributed by atoms with E-state index >= 15 is 0 Å². The molecule has 8 nitrogen and oxygen atoms in total. The molecule has 1 aliphatic heterocycles. The number of aromatic nitrogens is 4. The molecule has 3 N–H and O–H groups in total. The summed E-state index contributed by atoms with van der Waals surface area (Å²) in [4.78, 5) is 6.29. The summed E-state index contributed by atoms with van der Waals surface area (Å²) in [7, 11) is -3.68. The molecule has 2 aromatic rings. The van der Waals surface area contributed by atoms with Crippen LogP contribution in [0.3, 0.4) is 0 Å². The van der Waals surface area contributed by atoms with Gasteiger partial charge in [0.1, 0.15) is 5.82 Å². The lowest BCUT2D eigenvalue weighted by molar-refractivity contribution is 0.322. The van der Waals surface area contributed by atoms with E-state index in [1.807, 2.05) is 0 Å². The van der Waals surface area contributed by atoms with E-state index in [0.29, 0.717) is 5.82 Å². The van der Waals surface area contributed by atoms with Gasteiger partial charge in [0, 0.05) is 31.5 Å². The minimum absolute atomic E-state index is 0.109. The second-order valence-electron chi connectivity index (χ2n) is 3.97. The van der Waals surface area contributed by atoms with E-state index in [1.165, 1.54) is 12.4 Å². The van der Waals surface area contributed by atoms with E-state index in [9.17, 15) is 8.42 Å². The molecule has 0 saturated carbocycles. The third kappa shape index (κ3) is 1.87. The van der Waals surface area contributed by atoms with Gasteiger partial charge in [-0.25, -0.2) is 9.67 Å². The molecule has 1 aliphatic rings.